The molecule has 2 nitrogen and oxygen atoms in total. The Bertz CT molecular complexity index is 317. The standard InChI is InChI=1S/C11H18N2S/c1-4-9-7-13-10(14-9)12-6-8-5-11(8,2)3/h7-8H,4-6H2,1-3H3,(H,12,13). The van der Waals surface area contributed by atoms with Gasteiger partial charge in [0.05, 0.1) is 0 Å². The zero-order chi connectivity index (χ0) is 10.2. The zero-order valence-corrected chi connectivity index (χ0v) is 9.95. The van der Waals surface area contributed by atoms with Crippen LogP contribution in [0.25, 0.3) is 0 Å². The molecule has 1 atom stereocenters. The van der Waals surface area contributed by atoms with Crippen LogP contribution in [-0.4, -0.2) is 11.5 Å². The molecule has 1 aliphatic carbocycles. The van der Waals surface area contributed by atoms with E-state index in [9.17, 15) is 0 Å². The van der Waals surface area contributed by atoms with Crippen molar-refractivity contribution in [3.8, 4) is 0 Å². The van der Waals surface area contributed by atoms with Crippen LogP contribution in [0, 0.1) is 11.3 Å². The van der Waals surface area contributed by atoms with E-state index in [4.69, 9.17) is 0 Å². The van der Waals surface area contributed by atoms with Crippen molar-refractivity contribution in [1.82, 2.24) is 4.98 Å². The SMILES string of the molecule is CCc1cnc(NCC2CC2(C)C)s1. The fourth-order valence-corrected chi connectivity index (χ4v) is 2.45. The van der Waals surface area contributed by atoms with Gasteiger partial charge in [-0.05, 0) is 24.2 Å². The Labute approximate surface area is 89.8 Å². The summed E-state index contributed by atoms with van der Waals surface area (Å²) >= 11 is 1.78. The number of rotatable bonds is 4. The maximum atomic E-state index is 4.34. The van der Waals surface area contributed by atoms with Gasteiger partial charge in [-0.1, -0.05) is 20.8 Å². The Kier molecular flexibility index (Phi) is 2.52. The highest BCUT2D eigenvalue weighted by atomic mass is 32.1. The number of nitrogens with zero attached hydrogens (tertiary/aromatic N) is 1. The highest BCUT2D eigenvalue weighted by molar-refractivity contribution is 7.15. The normalized spacial score (nSPS) is 23.5. The molecule has 1 unspecified atom stereocenters. The number of nitrogens with one attached hydrogen (secondary N) is 1. The number of aryl methyl sites for hydroxylation is 1. The van der Waals surface area contributed by atoms with Gasteiger partial charge in [0.25, 0.3) is 0 Å². The second-order valence-electron chi connectivity index (χ2n) is 4.76. The summed E-state index contributed by atoms with van der Waals surface area (Å²) in [4.78, 5) is 5.71. The first-order valence-corrected chi connectivity index (χ1v) is 6.12. The lowest BCUT2D eigenvalue weighted by molar-refractivity contribution is 0.573. The highest BCUT2D eigenvalue weighted by Crippen LogP contribution is 2.51. The molecule has 14 heavy (non-hydrogen) atoms. The number of anilines is 1. The summed E-state index contributed by atoms with van der Waals surface area (Å²) in [7, 11) is 0. The molecule has 0 bridgehead atoms. The van der Waals surface area contributed by atoms with Crippen molar-refractivity contribution in [3.63, 3.8) is 0 Å². The van der Waals surface area contributed by atoms with E-state index in [1.807, 2.05) is 6.20 Å². The molecular formula is C11H18N2S. The predicted molar refractivity (Wildman–Crippen MR) is 61.9 cm³/mol. The van der Waals surface area contributed by atoms with E-state index in [-0.39, 0.29) is 0 Å². The molecule has 1 aromatic heterocycles. The van der Waals surface area contributed by atoms with Crippen molar-refractivity contribution < 1.29 is 0 Å². The van der Waals surface area contributed by atoms with Gasteiger partial charge in [0.2, 0.25) is 0 Å². The lowest BCUT2D eigenvalue weighted by Crippen LogP contribution is -2.06. The van der Waals surface area contributed by atoms with Gasteiger partial charge in [-0.2, -0.15) is 0 Å². The van der Waals surface area contributed by atoms with Crippen molar-refractivity contribution in [1.29, 1.82) is 0 Å². The molecule has 1 heterocycles. The second-order valence-corrected chi connectivity index (χ2v) is 5.87. The molecule has 0 aromatic carbocycles. The minimum absolute atomic E-state index is 0.567. The number of thiazole rings is 1. The van der Waals surface area contributed by atoms with E-state index in [1.54, 1.807) is 11.3 Å². The second kappa shape index (κ2) is 3.54. The topological polar surface area (TPSA) is 24.9 Å². The molecular weight excluding hydrogens is 192 g/mol. The van der Waals surface area contributed by atoms with E-state index in [1.165, 1.54) is 11.3 Å². The van der Waals surface area contributed by atoms with E-state index in [0.29, 0.717) is 5.41 Å². The first kappa shape index (κ1) is 9.97. The summed E-state index contributed by atoms with van der Waals surface area (Å²) in [6.45, 7) is 7.92. The Balaban J connectivity index is 1.81. The Morgan fingerprint density at radius 2 is 2.36 bits per heavy atom. The number of hydrogen-bond donors (Lipinski definition) is 1. The minimum Gasteiger partial charge on any atom is -0.361 e. The summed E-state index contributed by atoms with van der Waals surface area (Å²) in [6, 6.07) is 0. The van der Waals surface area contributed by atoms with E-state index < -0.39 is 0 Å². The van der Waals surface area contributed by atoms with Crippen LogP contribution < -0.4 is 5.32 Å². The van der Waals surface area contributed by atoms with E-state index >= 15 is 0 Å². The highest BCUT2D eigenvalue weighted by Gasteiger charge is 2.44. The van der Waals surface area contributed by atoms with Crippen LogP contribution >= 0.6 is 11.3 Å². The van der Waals surface area contributed by atoms with Crippen LogP contribution in [0.4, 0.5) is 5.13 Å². The monoisotopic (exact) mass is 210 g/mol. The van der Waals surface area contributed by atoms with Gasteiger partial charge >= 0.3 is 0 Å². The van der Waals surface area contributed by atoms with Gasteiger partial charge in [-0.25, -0.2) is 4.98 Å². The molecule has 78 valence electrons. The summed E-state index contributed by atoms with van der Waals surface area (Å²) in [5.74, 6) is 0.844. The van der Waals surface area contributed by atoms with Crippen molar-refractivity contribution in [2.75, 3.05) is 11.9 Å². The summed E-state index contributed by atoms with van der Waals surface area (Å²) in [5, 5.41) is 4.51. The molecule has 0 radical (unpaired) electrons. The lowest BCUT2D eigenvalue weighted by Gasteiger charge is -2.03. The molecule has 3 heteroatoms. The zero-order valence-electron chi connectivity index (χ0n) is 9.13. The van der Waals surface area contributed by atoms with Crippen LogP contribution in [0.15, 0.2) is 6.20 Å². The lowest BCUT2D eigenvalue weighted by atomic mass is 10.1. The van der Waals surface area contributed by atoms with Gasteiger partial charge in [-0.3, -0.25) is 0 Å². The molecule has 0 saturated heterocycles. The summed E-state index contributed by atoms with van der Waals surface area (Å²) in [5.41, 5.74) is 0.567. The van der Waals surface area contributed by atoms with E-state index in [2.05, 4.69) is 31.1 Å². The molecule has 0 aliphatic heterocycles. The van der Waals surface area contributed by atoms with Gasteiger partial charge < -0.3 is 5.32 Å². The Morgan fingerprint density at radius 1 is 1.64 bits per heavy atom. The summed E-state index contributed by atoms with van der Waals surface area (Å²) in [6.07, 6.45) is 4.42. The quantitative estimate of drug-likeness (QED) is 0.825. The van der Waals surface area contributed by atoms with Gasteiger partial charge in [0.1, 0.15) is 0 Å². The van der Waals surface area contributed by atoms with Crippen molar-refractivity contribution in [3.05, 3.63) is 11.1 Å². The third-order valence-corrected chi connectivity index (χ3v) is 4.22. The molecule has 0 spiro atoms. The maximum Gasteiger partial charge on any atom is 0.182 e. The number of aromatic nitrogens is 1. The van der Waals surface area contributed by atoms with Crippen molar-refractivity contribution >= 4 is 16.5 Å². The first-order chi connectivity index (χ1) is 6.62. The Hall–Kier alpha value is -0.570. The molecule has 1 N–H and O–H groups in total. The van der Waals surface area contributed by atoms with Crippen LogP contribution in [0.1, 0.15) is 32.1 Å². The third kappa shape index (κ3) is 2.08. The largest absolute Gasteiger partial charge is 0.361 e. The third-order valence-electron chi connectivity index (χ3n) is 3.12. The summed E-state index contributed by atoms with van der Waals surface area (Å²) < 4.78 is 0. The smallest absolute Gasteiger partial charge is 0.182 e. The number of hydrogen-bond acceptors (Lipinski definition) is 3. The molecule has 0 amide bonds. The molecule has 2 rings (SSSR count). The van der Waals surface area contributed by atoms with Crippen LogP contribution in [0.5, 0.6) is 0 Å². The average molecular weight is 210 g/mol. The molecule has 1 aliphatic rings. The van der Waals surface area contributed by atoms with Crippen LogP contribution in [-0.2, 0) is 6.42 Å². The maximum absolute atomic E-state index is 4.34. The molecule has 1 saturated carbocycles. The molecule has 1 fully saturated rings. The first-order valence-electron chi connectivity index (χ1n) is 5.30. The molecule has 1 aromatic rings. The van der Waals surface area contributed by atoms with Crippen LogP contribution in [0.3, 0.4) is 0 Å². The Morgan fingerprint density at radius 3 is 2.86 bits per heavy atom. The minimum atomic E-state index is 0.567. The van der Waals surface area contributed by atoms with Crippen molar-refractivity contribution in [2.45, 2.75) is 33.6 Å². The van der Waals surface area contributed by atoms with Crippen molar-refractivity contribution in [2.24, 2.45) is 11.3 Å². The average Bonchev–Trinajstić information content (AvgIpc) is 2.62. The predicted octanol–water partition coefficient (Wildman–Crippen LogP) is 3.16. The van der Waals surface area contributed by atoms with Gasteiger partial charge in [-0.15, -0.1) is 11.3 Å². The van der Waals surface area contributed by atoms with Crippen LogP contribution in [0.2, 0.25) is 0 Å². The van der Waals surface area contributed by atoms with Gasteiger partial charge in [0.15, 0.2) is 5.13 Å². The fourth-order valence-electron chi connectivity index (χ4n) is 1.69. The fraction of sp³-hybridized carbons (Fsp3) is 0.727. The van der Waals surface area contributed by atoms with Gasteiger partial charge in [0, 0.05) is 17.6 Å². The van der Waals surface area contributed by atoms with E-state index in [0.717, 1.165) is 24.0 Å².